The molecule has 8 nitrogen and oxygen atoms in total. The number of anilines is 1. The van der Waals surface area contributed by atoms with Crippen LogP contribution in [0.25, 0.3) is 0 Å². The molecule has 0 bridgehead atoms. The highest BCUT2D eigenvalue weighted by molar-refractivity contribution is 6.02. The highest BCUT2D eigenvalue weighted by atomic mass is 19.1. The number of nitrogens with zero attached hydrogens (tertiary/aromatic N) is 3. The summed E-state index contributed by atoms with van der Waals surface area (Å²) >= 11 is 0. The van der Waals surface area contributed by atoms with Crippen molar-refractivity contribution in [2.24, 2.45) is 0 Å². The zero-order chi connectivity index (χ0) is 21.3. The van der Waals surface area contributed by atoms with Crippen LogP contribution in [0.5, 0.6) is 5.75 Å². The zero-order valence-corrected chi connectivity index (χ0v) is 15.9. The number of hydrogen-bond donors (Lipinski definition) is 2. The van der Waals surface area contributed by atoms with E-state index in [0.29, 0.717) is 18.3 Å². The van der Waals surface area contributed by atoms with E-state index in [2.05, 4.69) is 20.5 Å². The normalized spacial score (nSPS) is 15.9. The minimum atomic E-state index is -1.13. The van der Waals surface area contributed by atoms with E-state index in [1.165, 1.54) is 7.05 Å². The van der Waals surface area contributed by atoms with Crippen molar-refractivity contribution in [2.75, 3.05) is 18.6 Å². The molecule has 0 saturated carbocycles. The molecule has 1 aliphatic rings. The van der Waals surface area contributed by atoms with Crippen molar-refractivity contribution in [1.82, 2.24) is 20.5 Å². The smallest absolute Gasteiger partial charge is 0.291 e. The van der Waals surface area contributed by atoms with Crippen molar-refractivity contribution in [3.63, 3.8) is 0 Å². The number of nitrogens with one attached hydrogen (secondary N) is 2. The second-order valence-corrected chi connectivity index (χ2v) is 6.74. The van der Waals surface area contributed by atoms with Crippen LogP contribution in [0.15, 0.2) is 42.5 Å². The number of H-pyrrole nitrogens is 1. The summed E-state index contributed by atoms with van der Waals surface area (Å²) in [5.41, 5.74) is 0.794. The molecule has 0 spiro atoms. The van der Waals surface area contributed by atoms with Gasteiger partial charge < -0.3 is 15.0 Å². The number of aromatic nitrogens is 3. The van der Waals surface area contributed by atoms with Gasteiger partial charge in [-0.25, -0.2) is 13.8 Å². The number of benzene rings is 2. The van der Waals surface area contributed by atoms with Crippen LogP contribution in [-0.4, -0.2) is 46.7 Å². The zero-order valence-electron chi connectivity index (χ0n) is 15.9. The van der Waals surface area contributed by atoms with Gasteiger partial charge in [-0.2, -0.15) is 0 Å². The Balaban J connectivity index is 1.47. The number of fused-ring (bicyclic) bond motifs is 1. The monoisotopic (exact) mass is 413 g/mol. The van der Waals surface area contributed by atoms with E-state index in [9.17, 15) is 18.4 Å². The fourth-order valence-corrected chi connectivity index (χ4v) is 3.16. The largest absolute Gasteiger partial charge is 0.488 e. The third-order valence-electron chi connectivity index (χ3n) is 4.62. The summed E-state index contributed by atoms with van der Waals surface area (Å²) in [5, 5.41) is 9.06. The molecular formula is C20H17F2N5O3. The lowest BCUT2D eigenvalue weighted by Gasteiger charge is -2.20. The van der Waals surface area contributed by atoms with Crippen LogP contribution in [0.4, 0.5) is 14.5 Å². The second-order valence-electron chi connectivity index (χ2n) is 6.74. The first-order valence-electron chi connectivity index (χ1n) is 9.08. The summed E-state index contributed by atoms with van der Waals surface area (Å²) < 4.78 is 33.0. The molecule has 3 aromatic rings. The summed E-state index contributed by atoms with van der Waals surface area (Å²) in [6, 6.07) is 10.0. The van der Waals surface area contributed by atoms with Crippen LogP contribution >= 0.6 is 0 Å². The fourth-order valence-electron chi connectivity index (χ4n) is 3.16. The maximum atomic E-state index is 14.1. The molecule has 1 unspecified atom stereocenters. The summed E-state index contributed by atoms with van der Waals surface area (Å²) in [5.74, 6) is -2.87. The molecule has 0 fully saturated rings. The minimum absolute atomic E-state index is 0.122. The molecule has 0 radical (unpaired) electrons. The topological polar surface area (TPSA) is 100 Å². The van der Waals surface area contributed by atoms with Crippen molar-refractivity contribution in [1.29, 1.82) is 0 Å². The lowest BCUT2D eigenvalue weighted by molar-refractivity contribution is -0.120. The molecule has 30 heavy (non-hydrogen) atoms. The van der Waals surface area contributed by atoms with Gasteiger partial charge in [0.2, 0.25) is 5.82 Å². The molecular weight excluding hydrogens is 396 g/mol. The van der Waals surface area contributed by atoms with E-state index in [0.717, 1.165) is 16.5 Å². The molecule has 2 N–H and O–H groups in total. The van der Waals surface area contributed by atoms with E-state index in [1.807, 2.05) is 30.3 Å². The Morgan fingerprint density at radius 3 is 2.83 bits per heavy atom. The number of carbonyl (C=O) groups is 2. The average Bonchev–Trinajstić information content (AvgIpc) is 3.14. The molecule has 2 aromatic carbocycles. The highest BCUT2D eigenvalue weighted by Crippen LogP contribution is 2.34. The quantitative estimate of drug-likeness (QED) is 0.680. The Labute approximate surface area is 169 Å². The lowest BCUT2D eigenvalue weighted by atomic mass is 10.1. The SMILES string of the molecule is CN1C(=O)C(NC(=O)c2n[nH]c(Cc3ccccc3)n2)COc2cc(F)cc(F)c21. The van der Waals surface area contributed by atoms with Crippen molar-refractivity contribution >= 4 is 17.5 Å². The van der Waals surface area contributed by atoms with Crippen molar-refractivity contribution in [3.8, 4) is 5.75 Å². The van der Waals surface area contributed by atoms with Crippen LogP contribution < -0.4 is 15.0 Å². The Kier molecular flexibility index (Phi) is 5.13. The molecule has 1 aromatic heterocycles. The van der Waals surface area contributed by atoms with Gasteiger partial charge in [-0.3, -0.25) is 14.7 Å². The predicted molar refractivity (Wildman–Crippen MR) is 102 cm³/mol. The van der Waals surface area contributed by atoms with Gasteiger partial charge in [-0.15, -0.1) is 5.10 Å². The van der Waals surface area contributed by atoms with Crippen LogP contribution in [0.2, 0.25) is 0 Å². The van der Waals surface area contributed by atoms with Gasteiger partial charge in [0.1, 0.15) is 35.7 Å². The summed E-state index contributed by atoms with van der Waals surface area (Å²) in [4.78, 5) is 30.3. The highest BCUT2D eigenvalue weighted by Gasteiger charge is 2.33. The fraction of sp³-hybridized carbons (Fsp3) is 0.200. The van der Waals surface area contributed by atoms with Crippen LogP contribution in [0.3, 0.4) is 0 Å². The van der Waals surface area contributed by atoms with Crippen LogP contribution in [0, 0.1) is 11.6 Å². The van der Waals surface area contributed by atoms with Crippen LogP contribution in [-0.2, 0) is 11.2 Å². The number of carbonyl (C=O) groups excluding carboxylic acids is 2. The lowest BCUT2D eigenvalue weighted by Crippen LogP contribution is -2.49. The van der Waals surface area contributed by atoms with E-state index in [-0.39, 0.29) is 23.9 Å². The number of likely N-dealkylation sites (N-methyl/N-ethyl adjacent to an activating group) is 1. The second kappa shape index (κ2) is 7.90. The maximum Gasteiger partial charge on any atom is 0.291 e. The number of amides is 2. The van der Waals surface area contributed by atoms with E-state index < -0.39 is 29.5 Å². The van der Waals surface area contributed by atoms with Gasteiger partial charge in [0.25, 0.3) is 11.8 Å². The number of ether oxygens (including phenoxy) is 1. The van der Waals surface area contributed by atoms with E-state index >= 15 is 0 Å². The summed E-state index contributed by atoms with van der Waals surface area (Å²) in [6.45, 7) is -0.300. The first kappa shape index (κ1) is 19.5. The van der Waals surface area contributed by atoms with Crippen molar-refractivity contribution in [3.05, 3.63) is 71.3 Å². The number of aromatic amines is 1. The van der Waals surface area contributed by atoms with Gasteiger partial charge in [-0.05, 0) is 5.56 Å². The minimum Gasteiger partial charge on any atom is -0.488 e. The number of rotatable bonds is 4. The molecule has 154 valence electrons. The van der Waals surface area contributed by atoms with E-state index in [1.54, 1.807) is 0 Å². The standard InChI is InChI=1S/C20H17F2N5O3/c1-27-17-13(22)8-12(21)9-15(17)30-10-14(20(27)29)23-19(28)18-24-16(25-26-18)7-11-5-3-2-4-6-11/h2-6,8-9,14H,7,10H2,1H3,(H,23,28)(H,24,25,26). The molecule has 4 rings (SSSR count). The average molecular weight is 413 g/mol. The third-order valence-corrected chi connectivity index (χ3v) is 4.62. The molecule has 2 heterocycles. The van der Waals surface area contributed by atoms with Gasteiger partial charge >= 0.3 is 0 Å². The van der Waals surface area contributed by atoms with Crippen LogP contribution in [0.1, 0.15) is 22.0 Å². The van der Waals surface area contributed by atoms with Gasteiger partial charge in [0.05, 0.1) is 0 Å². The Morgan fingerprint density at radius 2 is 2.07 bits per heavy atom. The van der Waals surface area contributed by atoms with Crippen molar-refractivity contribution < 1.29 is 23.1 Å². The Morgan fingerprint density at radius 1 is 1.30 bits per heavy atom. The molecule has 2 amide bonds. The van der Waals surface area contributed by atoms with Gasteiger partial charge in [-0.1, -0.05) is 30.3 Å². The third kappa shape index (κ3) is 3.84. The predicted octanol–water partition coefficient (Wildman–Crippen LogP) is 1.83. The van der Waals surface area contributed by atoms with Gasteiger partial charge in [0, 0.05) is 25.6 Å². The first-order chi connectivity index (χ1) is 14.4. The molecule has 0 aliphatic carbocycles. The summed E-state index contributed by atoms with van der Waals surface area (Å²) in [6.07, 6.45) is 0.454. The van der Waals surface area contributed by atoms with E-state index in [4.69, 9.17) is 4.74 Å². The first-order valence-corrected chi connectivity index (χ1v) is 9.08. The molecule has 10 heteroatoms. The maximum absolute atomic E-state index is 14.1. The Bertz CT molecular complexity index is 1100. The number of hydrogen-bond acceptors (Lipinski definition) is 5. The Hall–Kier alpha value is -3.82. The molecule has 0 saturated heterocycles. The molecule has 1 aliphatic heterocycles. The molecule has 1 atom stereocenters. The van der Waals surface area contributed by atoms with Crippen molar-refractivity contribution in [2.45, 2.75) is 12.5 Å². The summed E-state index contributed by atoms with van der Waals surface area (Å²) in [7, 11) is 1.32. The van der Waals surface area contributed by atoms with Gasteiger partial charge in [0.15, 0.2) is 5.82 Å². The number of halogens is 2.